The quantitative estimate of drug-likeness (QED) is 0.565. The fraction of sp³-hybridized carbons (Fsp3) is 0.188. The van der Waals surface area contributed by atoms with Gasteiger partial charge in [0.1, 0.15) is 0 Å². The molecule has 2 aromatic rings. The third-order valence-electron chi connectivity index (χ3n) is 2.90. The maximum absolute atomic E-state index is 11.9. The molecule has 0 atom stereocenters. The van der Waals surface area contributed by atoms with Gasteiger partial charge >= 0.3 is 0 Å². The summed E-state index contributed by atoms with van der Waals surface area (Å²) in [5, 5.41) is 6.63. The predicted octanol–water partition coefficient (Wildman–Crippen LogP) is 2.52. The molecule has 2 rings (SSSR count). The Morgan fingerprint density at radius 2 is 2.00 bits per heavy atom. The van der Waals surface area contributed by atoms with E-state index in [-0.39, 0.29) is 11.8 Å². The average Bonchev–Trinajstić information content (AvgIpc) is 3.01. The number of carbonyl (C=O) groups excluding carboxylic acids is 2. The molecule has 22 heavy (non-hydrogen) atoms. The number of anilines is 1. The minimum absolute atomic E-state index is 0.0322. The number of hydrogen-bond acceptors (Lipinski definition) is 3. The van der Waals surface area contributed by atoms with Gasteiger partial charge in [0.15, 0.2) is 0 Å². The van der Waals surface area contributed by atoms with Crippen molar-refractivity contribution in [2.75, 3.05) is 5.32 Å². The van der Waals surface area contributed by atoms with Crippen molar-refractivity contribution in [3.8, 4) is 0 Å². The minimum Gasteiger partial charge on any atom is -0.360 e. The van der Waals surface area contributed by atoms with Gasteiger partial charge < -0.3 is 10.3 Å². The Kier molecular flexibility index (Phi) is 5.48. The van der Waals surface area contributed by atoms with Crippen LogP contribution in [0.25, 0.3) is 0 Å². The molecule has 0 radical (unpaired) electrons. The Labute approximate surface area is 128 Å². The van der Waals surface area contributed by atoms with Crippen LogP contribution in [0.1, 0.15) is 35.8 Å². The molecule has 0 spiro atoms. The topological polar surface area (TPSA) is 86.3 Å². The highest BCUT2D eigenvalue weighted by molar-refractivity contribution is 5.96. The first kappa shape index (κ1) is 15.5. The smallest absolute Gasteiger partial charge is 0.271 e. The maximum atomic E-state index is 11.9. The van der Waals surface area contributed by atoms with Crippen LogP contribution >= 0.6 is 0 Å². The van der Waals surface area contributed by atoms with Gasteiger partial charge in [-0.15, -0.1) is 0 Å². The highest BCUT2D eigenvalue weighted by Gasteiger charge is 2.05. The number of hydrogen-bond donors (Lipinski definition) is 3. The van der Waals surface area contributed by atoms with Crippen molar-refractivity contribution in [3.05, 3.63) is 53.9 Å². The summed E-state index contributed by atoms with van der Waals surface area (Å²) < 4.78 is 0. The number of aromatic amines is 1. The number of benzene rings is 1. The second kappa shape index (κ2) is 7.78. The molecule has 1 aromatic heterocycles. The fourth-order valence-corrected chi connectivity index (χ4v) is 1.81. The SMILES string of the molecule is CCCC(=O)Nc1ccc(C(=O)N/N=C/c2ccc[nH]2)cc1. The van der Waals surface area contributed by atoms with E-state index in [1.165, 1.54) is 6.21 Å². The molecule has 1 heterocycles. The van der Waals surface area contributed by atoms with E-state index in [4.69, 9.17) is 0 Å². The number of amides is 2. The molecule has 114 valence electrons. The number of carbonyl (C=O) groups is 2. The highest BCUT2D eigenvalue weighted by Crippen LogP contribution is 2.10. The number of nitrogens with zero attached hydrogens (tertiary/aromatic N) is 1. The number of rotatable bonds is 6. The molecular formula is C16H18N4O2. The van der Waals surface area contributed by atoms with Crippen LogP contribution in [0.3, 0.4) is 0 Å². The standard InChI is InChI=1S/C16H18N4O2/c1-2-4-15(21)19-13-8-6-12(7-9-13)16(22)20-18-11-14-5-3-10-17-14/h3,5-11,17H,2,4H2,1H3,(H,19,21)(H,20,22)/b18-11+. The second-order valence-electron chi connectivity index (χ2n) is 4.70. The van der Waals surface area contributed by atoms with Gasteiger partial charge in [-0.2, -0.15) is 5.10 Å². The largest absolute Gasteiger partial charge is 0.360 e. The zero-order valence-corrected chi connectivity index (χ0v) is 12.3. The van der Waals surface area contributed by atoms with Crippen LogP contribution in [0, 0.1) is 0 Å². The van der Waals surface area contributed by atoms with Gasteiger partial charge in [-0.25, -0.2) is 5.43 Å². The van der Waals surface area contributed by atoms with Gasteiger partial charge in [-0.05, 0) is 42.8 Å². The lowest BCUT2D eigenvalue weighted by Gasteiger charge is -2.05. The Hall–Kier alpha value is -2.89. The van der Waals surface area contributed by atoms with Crippen molar-refractivity contribution >= 4 is 23.7 Å². The van der Waals surface area contributed by atoms with Crippen LogP contribution in [-0.4, -0.2) is 23.0 Å². The molecule has 0 aliphatic carbocycles. The van der Waals surface area contributed by atoms with E-state index in [9.17, 15) is 9.59 Å². The first-order valence-electron chi connectivity index (χ1n) is 7.05. The number of aromatic nitrogens is 1. The fourth-order valence-electron chi connectivity index (χ4n) is 1.81. The van der Waals surface area contributed by atoms with Gasteiger partial charge in [-0.1, -0.05) is 6.92 Å². The van der Waals surface area contributed by atoms with Gasteiger partial charge in [0, 0.05) is 23.9 Å². The van der Waals surface area contributed by atoms with E-state index in [1.54, 1.807) is 30.5 Å². The molecule has 0 unspecified atom stereocenters. The summed E-state index contributed by atoms with van der Waals surface area (Å²) in [6.07, 6.45) is 4.58. The third kappa shape index (κ3) is 4.59. The summed E-state index contributed by atoms with van der Waals surface area (Å²) in [7, 11) is 0. The molecule has 6 heteroatoms. The van der Waals surface area contributed by atoms with Crippen molar-refractivity contribution in [3.63, 3.8) is 0 Å². The van der Waals surface area contributed by atoms with Crippen molar-refractivity contribution in [2.24, 2.45) is 5.10 Å². The average molecular weight is 298 g/mol. The summed E-state index contributed by atoms with van der Waals surface area (Å²) >= 11 is 0. The molecule has 6 nitrogen and oxygen atoms in total. The van der Waals surface area contributed by atoms with E-state index in [1.807, 2.05) is 19.1 Å². The van der Waals surface area contributed by atoms with E-state index in [2.05, 4.69) is 20.8 Å². The summed E-state index contributed by atoms with van der Waals surface area (Å²) in [6, 6.07) is 10.3. The predicted molar refractivity (Wildman–Crippen MR) is 85.8 cm³/mol. The van der Waals surface area contributed by atoms with Crippen LogP contribution in [-0.2, 0) is 4.79 Å². The summed E-state index contributed by atoms with van der Waals surface area (Å²) in [6.45, 7) is 1.95. The van der Waals surface area contributed by atoms with Crippen LogP contribution < -0.4 is 10.7 Å². The van der Waals surface area contributed by atoms with E-state index in [0.29, 0.717) is 17.7 Å². The second-order valence-corrected chi connectivity index (χ2v) is 4.70. The zero-order valence-electron chi connectivity index (χ0n) is 12.3. The van der Waals surface area contributed by atoms with Crippen molar-refractivity contribution in [1.82, 2.24) is 10.4 Å². The van der Waals surface area contributed by atoms with Gasteiger partial charge in [0.2, 0.25) is 5.91 Å². The lowest BCUT2D eigenvalue weighted by molar-refractivity contribution is -0.116. The summed E-state index contributed by atoms with van der Waals surface area (Å²) in [5.74, 6) is -0.343. The van der Waals surface area contributed by atoms with E-state index < -0.39 is 0 Å². The molecule has 2 amide bonds. The van der Waals surface area contributed by atoms with Crippen LogP contribution in [0.15, 0.2) is 47.7 Å². The Morgan fingerprint density at radius 1 is 1.23 bits per heavy atom. The highest BCUT2D eigenvalue weighted by atomic mass is 16.2. The molecule has 0 fully saturated rings. The Balaban J connectivity index is 1.89. The van der Waals surface area contributed by atoms with Gasteiger partial charge in [-0.3, -0.25) is 9.59 Å². The van der Waals surface area contributed by atoms with Crippen molar-refractivity contribution in [1.29, 1.82) is 0 Å². The van der Waals surface area contributed by atoms with Crippen LogP contribution in [0.4, 0.5) is 5.69 Å². The lowest BCUT2D eigenvalue weighted by Crippen LogP contribution is -2.17. The summed E-state index contributed by atoms with van der Waals surface area (Å²) in [4.78, 5) is 26.3. The Morgan fingerprint density at radius 3 is 2.64 bits per heavy atom. The molecule has 0 aliphatic rings. The van der Waals surface area contributed by atoms with Crippen LogP contribution in [0.2, 0.25) is 0 Å². The van der Waals surface area contributed by atoms with Gasteiger partial charge in [0.25, 0.3) is 5.91 Å². The molecule has 0 saturated carbocycles. The number of hydrazone groups is 1. The molecule has 0 saturated heterocycles. The van der Waals surface area contributed by atoms with Crippen LogP contribution in [0.5, 0.6) is 0 Å². The first-order valence-corrected chi connectivity index (χ1v) is 7.05. The first-order chi connectivity index (χ1) is 10.7. The molecule has 1 aromatic carbocycles. The summed E-state index contributed by atoms with van der Waals surface area (Å²) in [5.41, 5.74) is 4.38. The molecule has 0 bridgehead atoms. The van der Waals surface area contributed by atoms with E-state index >= 15 is 0 Å². The molecule has 3 N–H and O–H groups in total. The zero-order chi connectivity index (χ0) is 15.8. The monoisotopic (exact) mass is 298 g/mol. The minimum atomic E-state index is -0.311. The van der Waals surface area contributed by atoms with Gasteiger partial charge in [0.05, 0.1) is 11.9 Å². The van der Waals surface area contributed by atoms with Crippen molar-refractivity contribution in [2.45, 2.75) is 19.8 Å². The molecular weight excluding hydrogens is 280 g/mol. The lowest BCUT2D eigenvalue weighted by atomic mass is 10.2. The number of H-pyrrole nitrogens is 1. The van der Waals surface area contributed by atoms with Crippen molar-refractivity contribution < 1.29 is 9.59 Å². The van der Waals surface area contributed by atoms with E-state index in [0.717, 1.165) is 12.1 Å². The molecule has 0 aliphatic heterocycles. The normalized spacial score (nSPS) is 10.6. The number of nitrogens with one attached hydrogen (secondary N) is 3. The third-order valence-corrected chi connectivity index (χ3v) is 2.90. The Bertz CT molecular complexity index is 645. The maximum Gasteiger partial charge on any atom is 0.271 e.